The smallest absolute Gasteiger partial charge is 0.136 e. The second-order valence-corrected chi connectivity index (χ2v) is 6.52. The van der Waals surface area contributed by atoms with Crippen LogP contribution in [0.4, 0.5) is 27.4 Å². The Kier molecular flexibility index (Phi) is 5.86. The molecule has 0 aliphatic carbocycles. The van der Waals surface area contributed by atoms with Crippen LogP contribution in [-0.4, -0.2) is 30.6 Å². The summed E-state index contributed by atoms with van der Waals surface area (Å²) in [6.07, 6.45) is 0.588. The van der Waals surface area contributed by atoms with Gasteiger partial charge in [-0.3, -0.25) is 0 Å². The summed E-state index contributed by atoms with van der Waals surface area (Å²) >= 11 is 0. The summed E-state index contributed by atoms with van der Waals surface area (Å²) in [5.41, 5.74) is 2.78. The van der Waals surface area contributed by atoms with Crippen molar-refractivity contribution in [2.24, 2.45) is 0 Å². The first-order chi connectivity index (χ1) is 13.0. The van der Waals surface area contributed by atoms with Crippen molar-refractivity contribution in [1.82, 2.24) is 9.97 Å². The van der Waals surface area contributed by atoms with Gasteiger partial charge >= 0.3 is 0 Å². The Balaban J connectivity index is 1.64. The number of anilines is 4. The molecule has 0 amide bonds. The van der Waals surface area contributed by atoms with Crippen molar-refractivity contribution >= 4 is 23.0 Å². The van der Waals surface area contributed by atoms with Crippen molar-refractivity contribution in [1.29, 1.82) is 0 Å². The monoisotopic (exact) mass is 365 g/mol. The van der Waals surface area contributed by atoms with E-state index >= 15 is 0 Å². The number of benzene rings is 2. The van der Waals surface area contributed by atoms with Gasteiger partial charge in [-0.15, -0.1) is 0 Å². The Labute approximate surface area is 159 Å². The predicted octanol–water partition coefficient (Wildman–Crippen LogP) is 4.39. The first-order valence-corrected chi connectivity index (χ1v) is 8.88. The summed E-state index contributed by atoms with van der Waals surface area (Å²) in [5.74, 6) is 1.92. The number of rotatable bonds is 7. The average molecular weight is 365 g/mol. The zero-order valence-electron chi connectivity index (χ0n) is 15.8. The SMILES string of the molecule is Cc1nc(NCCc2ccccc2F)cc(Nc2ccc(N(C)C)cc2)n1. The highest BCUT2D eigenvalue weighted by Crippen LogP contribution is 2.20. The lowest BCUT2D eigenvalue weighted by molar-refractivity contribution is 0.610. The number of halogens is 1. The van der Waals surface area contributed by atoms with E-state index < -0.39 is 0 Å². The molecule has 140 valence electrons. The van der Waals surface area contributed by atoms with E-state index in [2.05, 4.69) is 25.5 Å². The van der Waals surface area contributed by atoms with Crippen molar-refractivity contribution in [2.75, 3.05) is 36.2 Å². The summed E-state index contributed by atoms with van der Waals surface area (Å²) in [6.45, 7) is 2.44. The fourth-order valence-corrected chi connectivity index (χ4v) is 2.74. The van der Waals surface area contributed by atoms with Crippen molar-refractivity contribution in [3.8, 4) is 0 Å². The second-order valence-electron chi connectivity index (χ2n) is 6.52. The Morgan fingerprint density at radius 1 is 0.963 bits per heavy atom. The van der Waals surface area contributed by atoms with Gasteiger partial charge in [-0.25, -0.2) is 14.4 Å². The lowest BCUT2D eigenvalue weighted by Crippen LogP contribution is -2.09. The van der Waals surface area contributed by atoms with Gasteiger partial charge in [0.1, 0.15) is 23.3 Å². The number of nitrogens with one attached hydrogen (secondary N) is 2. The highest BCUT2D eigenvalue weighted by atomic mass is 19.1. The van der Waals surface area contributed by atoms with Crippen molar-refractivity contribution in [3.63, 3.8) is 0 Å². The number of hydrogen-bond donors (Lipinski definition) is 2. The molecule has 0 aliphatic rings. The number of aromatic nitrogens is 2. The summed E-state index contributed by atoms with van der Waals surface area (Å²) in [7, 11) is 4.02. The van der Waals surface area contributed by atoms with E-state index in [1.165, 1.54) is 6.07 Å². The maximum Gasteiger partial charge on any atom is 0.136 e. The quantitative estimate of drug-likeness (QED) is 0.650. The minimum atomic E-state index is -0.179. The topological polar surface area (TPSA) is 53.1 Å². The Bertz CT molecular complexity index is 893. The third-order valence-corrected chi connectivity index (χ3v) is 4.15. The fraction of sp³-hybridized carbons (Fsp3) is 0.238. The Morgan fingerprint density at radius 2 is 1.67 bits per heavy atom. The van der Waals surface area contributed by atoms with E-state index in [9.17, 15) is 4.39 Å². The van der Waals surface area contributed by atoms with Crippen LogP contribution in [0.3, 0.4) is 0 Å². The van der Waals surface area contributed by atoms with Gasteiger partial charge in [-0.05, 0) is 49.2 Å². The van der Waals surface area contributed by atoms with Crippen LogP contribution in [-0.2, 0) is 6.42 Å². The molecule has 0 unspecified atom stereocenters. The predicted molar refractivity (Wildman–Crippen MR) is 109 cm³/mol. The zero-order chi connectivity index (χ0) is 19.2. The van der Waals surface area contributed by atoms with Crippen LogP contribution in [0.25, 0.3) is 0 Å². The third-order valence-electron chi connectivity index (χ3n) is 4.15. The van der Waals surface area contributed by atoms with Gasteiger partial charge in [-0.2, -0.15) is 0 Å². The van der Waals surface area contributed by atoms with Crippen LogP contribution < -0.4 is 15.5 Å². The Morgan fingerprint density at radius 3 is 2.37 bits per heavy atom. The minimum absolute atomic E-state index is 0.179. The van der Waals surface area contributed by atoms with Crippen molar-refractivity contribution < 1.29 is 4.39 Å². The standard InChI is InChI=1S/C21H24FN5/c1-15-24-20(23-13-12-16-6-4-5-7-19(16)22)14-21(25-15)26-17-8-10-18(11-9-17)27(2)3/h4-11,14H,12-13H2,1-3H3,(H2,23,24,25,26). The molecular weight excluding hydrogens is 341 g/mol. The zero-order valence-corrected chi connectivity index (χ0v) is 15.8. The van der Waals surface area contributed by atoms with Gasteiger partial charge in [-0.1, -0.05) is 18.2 Å². The first kappa shape index (κ1) is 18.6. The van der Waals surface area contributed by atoms with Crippen LogP contribution in [0.2, 0.25) is 0 Å². The van der Waals surface area contributed by atoms with Crippen LogP contribution in [0.15, 0.2) is 54.6 Å². The maximum absolute atomic E-state index is 13.7. The molecule has 0 radical (unpaired) electrons. The molecule has 3 aromatic rings. The average Bonchev–Trinajstić information content (AvgIpc) is 2.63. The van der Waals surface area contributed by atoms with E-state index in [1.54, 1.807) is 12.1 Å². The fourth-order valence-electron chi connectivity index (χ4n) is 2.74. The van der Waals surface area contributed by atoms with Gasteiger partial charge in [0, 0.05) is 38.1 Å². The highest BCUT2D eigenvalue weighted by Gasteiger charge is 2.05. The van der Waals surface area contributed by atoms with Gasteiger partial charge in [0.25, 0.3) is 0 Å². The molecule has 0 atom stereocenters. The molecular formula is C21H24FN5. The van der Waals surface area contributed by atoms with Gasteiger partial charge in [0.2, 0.25) is 0 Å². The molecule has 5 nitrogen and oxygen atoms in total. The van der Waals surface area contributed by atoms with Gasteiger partial charge in [0.05, 0.1) is 0 Å². The van der Waals surface area contributed by atoms with E-state index in [0.29, 0.717) is 36.0 Å². The molecule has 1 aromatic heterocycles. The molecule has 0 saturated carbocycles. The molecule has 0 bridgehead atoms. The molecule has 27 heavy (non-hydrogen) atoms. The minimum Gasteiger partial charge on any atom is -0.378 e. The van der Waals surface area contributed by atoms with Gasteiger partial charge < -0.3 is 15.5 Å². The van der Waals surface area contributed by atoms with E-state index in [1.807, 2.05) is 57.4 Å². The second kappa shape index (κ2) is 8.49. The Hall–Kier alpha value is -3.15. The maximum atomic E-state index is 13.7. The normalized spacial score (nSPS) is 10.5. The van der Waals surface area contributed by atoms with Crippen LogP contribution in [0, 0.1) is 12.7 Å². The third kappa shape index (κ3) is 5.17. The largest absolute Gasteiger partial charge is 0.378 e. The lowest BCUT2D eigenvalue weighted by Gasteiger charge is -2.14. The van der Waals surface area contributed by atoms with E-state index in [-0.39, 0.29) is 5.82 Å². The highest BCUT2D eigenvalue weighted by molar-refractivity contribution is 5.62. The van der Waals surface area contributed by atoms with Crippen molar-refractivity contribution in [3.05, 3.63) is 71.8 Å². The summed E-state index contributed by atoms with van der Waals surface area (Å²) in [6, 6.07) is 16.8. The van der Waals surface area contributed by atoms with E-state index in [0.717, 1.165) is 11.4 Å². The van der Waals surface area contributed by atoms with E-state index in [4.69, 9.17) is 0 Å². The summed E-state index contributed by atoms with van der Waals surface area (Å²) in [4.78, 5) is 10.9. The molecule has 6 heteroatoms. The number of nitrogens with zero attached hydrogens (tertiary/aromatic N) is 3. The van der Waals surface area contributed by atoms with Gasteiger partial charge in [0.15, 0.2) is 0 Å². The van der Waals surface area contributed by atoms with Crippen LogP contribution in [0.1, 0.15) is 11.4 Å². The molecule has 0 spiro atoms. The number of aryl methyl sites for hydroxylation is 1. The molecule has 2 aromatic carbocycles. The summed E-state index contributed by atoms with van der Waals surface area (Å²) < 4.78 is 13.7. The lowest BCUT2D eigenvalue weighted by atomic mass is 10.1. The molecule has 0 aliphatic heterocycles. The molecule has 0 saturated heterocycles. The molecule has 3 rings (SSSR count). The van der Waals surface area contributed by atoms with Crippen molar-refractivity contribution in [2.45, 2.75) is 13.3 Å². The van der Waals surface area contributed by atoms with Crippen LogP contribution in [0.5, 0.6) is 0 Å². The van der Waals surface area contributed by atoms with Crippen LogP contribution >= 0.6 is 0 Å². The number of hydrogen-bond acceptors (Lipinski definition) is 5. The first-order valence-electron chi connectivity index (χ1n) is 8.88. The molecule has 2 N–H and O–H groups in total. The molecule has 1 heterocycles. The summed E-state index contributed by atoms with van der Waals surface area (Å²) in [5, 5.41) is 6.55. The molecule has 0 fully saturated rings.